The van der Waals surface area contributed by atoms with Crippen molar-refractivity contribution >= 4 is 0 Å². The molecule has 0 heterocycles. The van der Waals surface area contributed by atoms with Gasteiger partial charge in [0.2, 0.25) is 0 Å². The maximum Gasteiger partial charge on any atom is 0.394 e. The molecule has 1 aliphatic rings. The van der Waals surface area contributed by atoms with E-state index < -0.39 is 11.6 Å². The van der Waals surface area contributed by atoms with E-state index in [1.807, 2.05) is 13.8 Å². The van der Waals surface area contributed by atoms with E-state index in [0.717, 1.165) is 0 Å². The average Bonchev–Trinajstić information content (AvgIpc) is 2.51. The van der Waals surface area contributed by atoms with Gasteiger partial charge in [-0.2, -0.15) is 13.2 Å². The van der Waals surface area contributed by atoms with Crippen LogP contribution < -0.4 is 0 Å². The van der Waals surface area contributed by atoms with Gasteiger partial charge in [0.05, 0.1) is 11.5 Å². The molecule has 0 N–H and O–H groups in total. The molecule has 4 heteroatoms. The third-order valence-corrected chi connectivity index (χ3v) is 2.71. The normalized spacial score (nSPS) is 32.4. The van der Waals surface area contributed by atoms with Gasteiger partial charge in [-0.25, -0.2) is 0 Å². The molecule has 0 amide bonds. The maximum absolute atomic E-state index is 12.4. The van der Waals surface area contributed by atoms with E-state index in [9.17, 15) is 13.2 Å². The first-order chi connectivity index (χ1) is 6.39. The van der Waals surface area contributed by atoms with Crippen molar-refractivity contribution in [3.63, 3.8) is 0 Å². The van der Waals surface area contributed by atoms with Crippen LogP contribution in [0.15, 0.2) is 0 Å². The Labute approximate surface area is 83.6 Å². The summed E-state index contributed by atoms with van der Waals surface area (Å²) >= 11 is 0. The second kappa shape index (κ2) is 5.01. The van der Waals surface area contributed by atoms with Gasteiger partial charge in [-0.1, -0.05) is 20.8 Å². The lowest BCUT2D eigenvalue weighted by molar-refractivity contribution is -0.217. The molecule has 14 heavy (non-hydrogen) atoms. The van der Waals surface area contributed by atoms with Gasteiger partial charge in [-0.15, -0.1) is 0 Å². The van der Waals surface area contributed by atoms with Crippen molar-refractivity contribution in [3.05, 3.63) is 0 Å². The number of hydrogen-bond donors (Lipinski definition) is 0. The molecule has 1 saturated carbocycles. The molecular weight excluding hydrogens is 193 g/mol. The van der Waals surface area contributed by atoms with Gasteiger partial charge in [-0.05, 0) is 19.3 Å². The minimum Gasteiger partial charge on any atom is -0.381 e. The van der Waals surface area contributed by atoms with Crippen LogP contribution in [0.5, 0.6) is 0 Å². The van der Waals surface area contributed by atoms with Crippen molar-refractivity contribution in [1.29, 1.82) is 0 Å². The molecule has 0 saturated heterocycles. The Morgan fingerprint density at radius 2 is 1.79 bits per heavy atom. The van der Waals surface area contributed by atoms with E-state index in [2.05, 4.69) is 0 Å². The van der Waals surface area contributed by atoms with Gasteiger partial charge in [0.15, 0.2) is 0 Å². The lowest BCUT2D eigenvalue weighted by Crippen LogP contribution is -2.33. The Morgan fingerprint density at radius 3 is 2.00 bits per heavy atom. The van der Waals surface area contributed by atoms with Gasteiger partial charge in [0, 0.05) is 7.11 Å². The molecule has 0 aromatic carbocycles. The number of methoxy groups -OCH3 is 1. The van der Waals surface area contributed by atoms with Crippen LogP contribution in [0.2, 0.25) is 0 Å². The minimum atomic E-state index is -4.08. The summed E-state index contributed by atoms with van der Waals surface area (Å²) in [5.74, 6) is 0. The molecule has 0 radical (unpaired) electrons. The topological polar surface area (TPSA) is 9.23 Å². The van der Waals surface area contributed by atoms with Gasteiger partial charge >= 0.3 is 6.18 Å². The molecule has 0 aromatic rings. The molecule has 0 spiro atoms. The fraction of sp³-hybridized carbons (Fsp3) is 1.00. The van der Waals surface area contributed by atoms with Crippen molar-refractivity contribution in [1.82, 2.24) is 0 Å². The Hall–Kier alpha value is -0.250. The van der Waals surface area contributed by atoms with Crippen molar-refractivity contribution in [2.24, 2.45) is 5.41 Å². The molecule has 1 fully saturated rings. The molecule has 2 atom stereocenters. The number of rotatable bonds is 1. The maximum atomic E-state index is 12.4. The van der Waals surface area contributed by atoms with Gasteiger partial charge in [0.1, 0.15) is 0 Å². The highest BCUT2D eigenvalue weighted by Gasteiger charge is 2.54. The molecule has 86 valence electrons. The van der Waals surface area contributed by atoms with Crippen LogP contribution >= 0.6 is 0 Å². The van der Waals surface area contributed by atoms with Crippen LogP contribution in [0, 0.1) is 5.41 Å². The largest absolute Gasteiger partial charge is 0.394 e. The summed E-state index contributed by atoms with van der Waals surface area (Å²) in [6.07, 6.45) is -3.48. The summed E-state index contributed by atoms with van der Waals surface area (Å²) in [7, 11) is 1.47. The van der Waals surface area contributed by atoms with E-state index in [1.54, 1.807) is 0 Å². The van der Waals surface area contributed by atoms with E-state index in [4.69, 9.17) is 4.74 Å². The highest BCUT2D eigenvalue weighted by atomic mass is 19.4. The van der Waals surface area contributed by atoms with E-state index in [0.29, 0.717) is 6.42 Å². The molecule has 2 unspecified atom stereocenters. The first-order valence-corrected chi connectivity index (χ1v) is 4.98. The minimum absolute atomic E-state index is 0.104. The number of hydrogen-bond acceptors (Lipinski definition) is 1. The van der Waals surface area contributed by atoms with Crippen LogP contribution in [0.3, 0.4) is 0 Å². The van der Waals surface area contributed by atoms with Gasteiger partial charge in [-0.3, -0.25) is 0 Å². The van der Waals surface area contributed by atoms with Crippen LogP contribution in [0.4, 0.5) is 13.2 Å². The summed E-state index contributed by atoms with van der Waals surface area (Å²) < 4.78 is 42.1. The van der Waals surface area contributed by atoms with Crippen LogP contribution in [-0.2, 0) is 4.74 Å². The highest BCUT2D eigenvalue weighted by Crippen LogP contribution is 2.50. The third kappa shape index (κ3) is 2.87. The Balaban J connectivity index is 0.000000791. The molecule has 0 aliphatic heterocycles. The molecule has 0 bridgehead atoms. The standard InChI is InChI=1S/C8H13F3O.C2H6/c1-7(8(9,10)11)4-3-6(5-7)12-2;1-2/h6H,3-5H2,1-2H3;1-2H3. The quantitative estimate of drug-likeness (QED) is 0.642. The van der Waals surface area contributed by atoms with Crippen molar-refractivity contribution in [2.45, 2.75) is 52.3 Å². The lowest BCUT2D eigenvalue weighted by Gasteiger charge is -2.26. The SMILES string of the molecule is CC.COC1CCC(C)(C(F)(F)F)C1. The molecular formula is C10H19F3O. The monoisotopic (exact) mass is 212 g/mol. The molecule has 1 nitrogen and oxygen atoms in total. The fourth-order valence-corrected chi connectivity index (χ4v) is 1.64. The zero-order valence-corrected chi connectivity index (χ0v) is 9.24. The van der Waals surface area contributed by atoms with E-state index in [-0.39, 0.29) is 18.9 Å². The Bertz CT molecular complexity index is 167. The number of halogens is 3. The Morgan fingerprint density at radius 1 is 1.29 bits per heavy atom. The zero-order valence-electron chi connectivity index (χ0n) is 9.24. The fourth-order valence-electron chi connectivity index (χ4n) is 1.64. The summed E-state index contributed by atoms with van der Waals surface area (Å²) in [6.45, 7) is 5.27. The first-order valence-electron chi connectivity index (χ1n) is 4.98. The summed E-state index contributed by atoms with van der Waals surface area (Å²) in [4.78, 5) is 0. The van der Waals surface area contributed by atoms with Crippen LogP contribution in [0.25, 0.3) is 0 Å². The van der Waals surface area contributed by atoms with Gasteiger partial charge < -0.3 is 4.74 Å². The lowest BCUT2D eigenvalue weighted by atomic mass is 9.88. The third-order valence-electron chi connectivity index (χ3n) is 2.71. The zero-order chi connectivity index (χ0) is 11.4. The predicted octanol–water partition coefficient (Wildman–Crippen LogP) is 3.78. The van der Waals surface area contributed by atoms with Crippen molar-refractivity contribution in [3.8, 4) is 0 Å². The van der Waals surface area contributed by atoms with E-state index >= 15 is 0 Å². The van der Waals surface area contributed by atoms with Crippen LogP contribution in [-0.4, -0.2) is 19.4 Å². The average molecular weight is 212 g/mol. The Kier molecular flexibility index (Phi) is 4.92. The molecule has 1 aliphatic carbocycles. The van der Waals surface area contributed by atoms with E-state index in [1.165, 1.54) is 14.0 Å². The van der Waals surface area contributed by atoms with Crippen LogP contribution in [0.1, 0.15) is 40.0 Å². The van der Waals surface area contributed by atoms with Crippen molar-refractivity contribution in [2.75, 3.05) is 7.11 Å². The highest BCUT2D eigenvalue weighted by molar-refractivity contribution is 4.91. The second-order valence-corrected chi connectivity index (χ2v) is 3.66. The summed E-state index contributed by atoms with van der Waals surface area (Å²) in [5, 5.41) is 0. The first kappa shape index (κ1) is 13.8. The predicted molar refractivity (Wildman–Crippen MR) is 50.2 cm³/mol. The summed E-state index contributed by atoms with van der Waals surface area (Å²) in [5.41, 5.74) is -1.52. The van der Waals surface area contributed by atoms with Gasteiger partial charge in [0.25, 0.3) is 0 Å². The molecule has 0 aromatic heterocycles. The number of alkyl halides is 3. The second-order valence-electron chi connectivity index (χ2n) is 3.66. The smallest absolute Gasteiger partial charge is 0.381 e. The molecule has 1 rings (SSSR count). The summed E-state index contributed by atoms with van der Waals surface area (Å²) in [6, 6.07) is 0. The number of ether oxygens (including phenoxy) is 1. The van der Waals surface area contributed by atoms with Crippen molar-refractivity contribution < 1.29 is 17.9 Å².